The van der Waals surface area contributed by atoms with Gasteiger partial charge in [0.2, 0.25) is 11.6 Å². The van der Waals surface area contributed by atoms with E-state index in [1.54, 1.807) is 0 Å². The highest BCUT2D eigenvalue weighted by Gasteiger charge is 2.76. The van der Waals surface area contributed by atoms with Crippen molar-refractivity contribution in [2.45, 2.75) is 36.0 Å². The summed E-state index contributed by atoms with van der Waals surface area (Å²) in [6, 6.07) is 2.42. The first-order chi connectivity index (χ1) is 16.1. The van der Waals surface area contributed by atoms with Gasteiger partial charge in [-0.25, -0.2) is 19.9 Å². The van der Waals surface area contributed by atoms with Gasteiger partial charge in [-0.05, 0) is 24.3 Å². The van der Waals surface area contributed by atoms with E-state index >= 15 is 0 Å². The molecule has 2 aromatic heterocycles. The van der Waals surface area contributed by atoms with E-state index in [2.05, 4.69) is 19.9 Å². The Labute approximate surface area is 187 Å². The molecule has 194 valence electrons. The molecule has 0 N–H and O–H groups in total. The second kappa shape index (κ2) is 7.12. The van der Waals surface area contributed by atoms with Crippen molar-refractivity contribution in [1.29, 1.82) is 0 Å². The van der Waals surface area contributed by atoms with Crippen LogP contribution in [-0.4, -0.2) is 44.1 Å². The van der Waals surface area contributed by atoms with E-state index in [0.29, 0.717) is 24.3 Å². The topological polar surface area (TPSA) is 51.6 Å². The van der Waals surface area contributed by atoms with Crippen LogP contribution in [0.2, 0.25) is 0 Å². The van der Waals surface area contributed by atoms with Crippen molar-refractivity contribution in [3.63, 3.8) is 0 Å². The second-order valence-corrected chi connectivity index (χ2v) is 7.35. The fourth-order valence-electron chi connectivity index (χ4n) is 3.22. The van der Waals surface area contributed by atoms with Crippen LogP contribution < -0.4 is 0 Å². The normalized spacial score (nSPS) is 14.9. The van der Waals surface area contributed by atoms with E-state index in [-0.39, 0.29) is 0 Å². The summed E-state index contributed by atoms with van der Waals surface area (Å²) in [6.45, 7) is 0. The molecule has 0 bridgehead atoms. The molecule has 4 nitrogen and oxygen atoms in total. The molecule has 0 aliphatic heterocycles. The molecule has 0 spiro atoms. The van der Waals surface area contributed by atoms with Crippen LogP contribution in [0.3, 0.4) is 0 Å². The molecule has 0 atom stereocenters. The van der Waals surface area contributed by atoms with Gasteiger partial charge in [0, 0.05) is 10.8 Å². The number of alkyl halides is 14. The zero-order valence-corrected chi connectivity index (χ0v) is 16.4. The fourth-order valence-corrected chi connectivity index (χ4v) is 3.22. The first-order valence-corrected chi connectivity index (χ1v) is 9.01. The fraction of sp³-hybridized carbons (Fsp3) is 0.333. The van der Waals surface area contributed by atoms with Gasteiger partial charge >= 0.3 is 36.0 Å². The molecular formula is C18H4F14N4. The Morgan fingerprint density at radius 1 is 0.389 bits per heavy atom. The third kappa shape index (κ3) is 3.28. The zero-order chi connectivity index (χ0) is 27.3. The summed E-state index contributed by atoms with van der Waals surface area (Å²) in [7, 11) is 0. The second-order valence-electron chi connectivity index (χ2n) is 7.35. The minimum absolute atomic E-state index is 0.447. The molecule has 0 amide bonds. The number of nitrogens with zero attached hydrogens (tertiary/aromatic N) is 4. The van der Waals surface area contributed by atoms with Crippen LogP contribution in [0.4, 0.5) is 61.5 Å². The summed E-state index contributed by atoms with van der Waals surface area (Å²) in [6.07, 6.45) is -13.4. The highest BCUT2D eigenvalue weighted by atomic mass is 19.4. The number of halogens is 14. The van der Waals surface area contributed by atoms with E-state index in [0.717, 1.165) is 0 Å². The molecule has 0 saturated carbocycles. The molecule has 4 rings (SSSR count). The number of hydrogen-bond acceptors (Lipinski definition) is 4. The van der Waals surface area contributed by atoms with Crippen LogP contribution in [0.25, 0.3) is 32.8 Å². The van der Waals surface area contributed by atoms with Gasteiger partial charge < -0.3 is 0 Å². The summed E-state index contributed by atoms with van der Waals surface area (Å²) in [5, 5.41) is -0.894. The smallest absolute Gasteiger partial charge is 0.227 e. The average molecular weight is 542 g/mol. The number of rotatable bonds is 4. The Bertz CT molecular complexity index is 1300. The number of benzene rings is 2. The van der Waals surface area contributed by atoms with Crippen LogP contribution in [0.1, 0.15) is 11.6 Å². The van der Waals surface area contributed by atoms with Crippen LogP contribution in [0.15, 0.2) is 24.3 Å². The molecular weight excluding hydrogens is 538 g/mol. The van der Waals surface area contributed by atoms with E-state index in [1.165, 1.54) is 0 Å². The van der Waals surface area contributed by atoms with Gasteiger partial charge in [-0.15, -0.1) is 0 Å². The van der Waals surface area contributed by atoms with Gasteiger partial charge in [-0.3, -0.25) is 0 Å². The van der Waals surface area contributed by atoms with Gasteiger partial charge in [0.05, 0.1) is 22.1 Å². The minimum atomic E-state index is -6.70. The average Bonchev–Trinajstić information content (AvgIpc) is 2.75. The summed E-state index contributed by atoms with van der Waals surface area (Å²) >= 11 is 0. The van der Waals surface area contributed by atoms with E-state index < -0.39 is 80.5 Å². The Balaban J connectivity index is 1.96. The molecule has 4 aromatic rings. The van der Waals surface area contributed by atoms with Gasteiger partial charge in [0.15, 0.2) is 0 Å². The van der Waals surface area contributed by atoms with E-state index in [1.807, 2.05) is 0 Å². The lowest BCUT2D eigenvalue weighted by molar-refractivity contribution is -0.361. The Morgan fingerprint density at radius 2 is 0.611 bits per heavy atom. The predicted molar refractivity (Wildman–Crippen MR) is 91.1 cm³/mol. The summed E-state index contributed by atoms with van der Waals surface area (Å²) in [5.41, 5.74) is -2.91. The van der Waals surface area contributed by atoms with Crippen molar-refractivity contribution < 1.29 is 61.5 Å². The van der Waals surface area contributed by atoms with Gasteiger partial charge in [0.25, 0.3) is 0 Å². The van der Waals surface area contributed by atoms with Gasteiger partial charge in [0.1, 0.15) is 0 Å². The predicted octanol–water partition coefficient (Wildman–Crippen LogP) is 6.74. The quantitative estimate of drug-likeness (QED) is 0.212. The van der Waals surface area contributed by atoms with E-state index in [4.69, 9.17) is 0 Å². The Morgan fingerprint density at radius 3 is 0.806 bits per heavy atom. The van der Waals surface area contributed by atoms with Crippen LogP contribution in [0, 0.1) is 0 Å². The number of hydrogen-bond donors (Lipinski definition) is 0. The summed E-state index contributed by atoms with van der Waals surface area (Å²) < 4.78 is 185. The molecule has 0 fully saturated rings. The Hall–Kier alpha value is -3.34. The van der Waals surface area contributed by atoms with Gasteiger partial charge in [-0.1, -0.05) is 0 Å². The first kappa shape index (κ1) is 25.7. The molecule has 18 heteroatoms. The summed E-state index contributed by atoms with van der Waals surface area (Å²) in [5.74, 6) is -29.7. The van der Waals surface area contributed by atoms with Crippen LogP contribution >= 0.6 is 0 Å². The minimum Gasteiger partial charge on any atom is -0.227 e. The molecule has 0 saturated heterocycles. The zero-order valence-electron chi connectivity index (χ0n) is 16.4. The van der Waals surface area contributed by atoms with Crippen molar-refractivity contribution in [1.82, 2.24) is 19.9 Å². The molecule has 0 aliphatic carbocycles. The van der Waals surface area contributed by atoms with Crippen LogP contribution in [0.5, 0.6) is 0 Å². The molecule has 2 heterocycles. The molecule has 0 aliphatic rings. The molecule has 0 radical (unpaired) electrons. The molecule has 0 unspecified atom stereocenters. The van der Waals surface area contributed by atoms with Gasteiger partial charge in [-0.2, -0.15) is 61.5 Å². The maximum atomic E-state index is 14.1. The standard InChI is InChI=1S/C18H4F14N4/c19-13(20,15(23,24)17(27,28)29)11-33-5-1-2-6-10-8(4-3-7(35-11)9(5)10)36-12(34-6)14(21,22)16(25,26)18(30,31)32/h1-4H. The van der Waals surface area contributed by atoms with Crippen molar-refractivity contribution >= 4 is 32.8 Å². The lowest BCUT2D eigenvalue weighted by atomic mass is 10.0. The monoisotopic (exact) mass is 542 g/mol. The number of aromatic nitrogens is 4. The highest BCUT2D eigenvalue weighted by molar-refractivity contribution is 6.19. The third-order valence-electron chi connectivity index (χ3n) is 5.04. The molecule has 2 aromatic carbocycles. The first-order valence-electron chi connectivity index (χ1n) is 9.01. The van der Waals surface area contributed by atoms with E-state index in [9.17, 15) is 61.5 Å². The van der Waals surface area contributed by atoms with Crippen molar-refractivity contribution in [2.24, 2.45) is 0 Å². The highest BCUT2D eigenvalue weighted by Crippen LogP contribution is 2.53. The molecule has 36 heavy (non-hydrogen) atoms. The SMILES string of the molecule is FC(F)(F)C(F)(F)C(F)(F)c1nc2ccc3nc(C(F)(F)C(F)(F)C(F)(F)F)nc4ccc(n1)c2c34. The summed E-state index contributed by atoms with van der Waals surface area (Å²) in [4.78, 5) is 12.0. The van der Waals surface area contributed by atoms with Crippen molar-refractivity contribution in [3.05, 3.63) is 35.9 Å². The third-order valence-corrected chi connectivity index (χ3v) is 5.04. The largest absolute Gasteiger partial charge is 0.460 e. The van der Waals surface area contributed by atoms with Crippen LogP contribution in [-0.2, 0) is 11.8 Å². The lowest BCUT2D eigenvalue weighted by Crippen LogP contribution is -2.50. The van der Waals surface area contributed by atoms with Crippen molar-refractivity contribution in [2.75, 3.05) is 0 Å². The lowest BCUT2D eigenvalue weighted by Gasteiger charge is -2.27. The maximum Gasteiger partial charge on any atom is 0.460 e. The maximum absolute atomic E-state index is 14.1. The van der Waals surface area contributed by atoms with Crippen molar-refractivity contribution in [3.8, 4) is 0 Å². The Kier molecular flexibility index (Phi) is 5.09.